The van der Waals surface area contributed by atoms with Gasteiger partial charge in [-0.3, -0.25) is 0 Å². The number of carbonyl (C=O) groups is 1. The van der Waals surface area contributed by atoms with E-state index < -0.39 is 0 Å². The zero-order valence-electron chi connectivity index (χ0n) is 15.4. The Labute approximate surface area is 157 Å². The average Bonchev–Trinajstić information content (AvgIpc) is 3.10. The predicted molar refractivity (Wildman–Crippen MR) is 110 cm³/mol. The number of hydrogen-bond acceptors (Lipinski definition) is 2. The highest BCUT2D eigenvalue weighted by Gasteiger charge is 2.22. The molecule has 4 rings (SSSR count). The minimum Gasteiger partial charge on any atom is -0.340 e. The lowest BCUT2D eigenvalue weighted by atomic mass is 10.0. The molecule has 4 aromatic rings. The molecule has 0 bridgehead atoms. The summed E-state index contributed by atoms with van der Waals surface area (Å²) < 4.78 is 0. The van der Waals surface area contributed by atoms with Gasteiger partial charge >= 0.3 is 6.03 Å². The summed E-state index contributed by atoms with van der Waals surface area (Å²) in [4.78, 5) is 20.7. The summed E-state index contributed by atoms with van der Waals surface area (Å²) >= 11 is 0. The van der Waals surface area contributed by atoms with Crippen molar-refractivity contribution < 1.29 is 4.79 Å². The quantitative estimate of drug-likeness (QED) is 0.467. The van der Waals surface area contributed by atoms with Crippen molar-refractivity contribution in [2.75, 3.05) is 5.32 Å². The topological polar surface area (TPSA) is 69.8 Å². The van der Waals surface area contributed by atoms with Crippen molar-refractivity contribution in [1.29, 1.82) is 0 Å². The number of aromatic nitrogens is 2. The summed E-state index contributed by atoms with van der Waals surface area (Å²) in [7, 11) is 0. The van der Waals surface area contributed by atoms with Crippen LogP contribution in [0.15, 0.2) is 66.7 Å². The number of anilines is 1. The van der Waals surface area contributed by atoms with Gasteiger partial charge in [-0.2, -0.15) is 0 Å². The predicted octanol–water partition coefficient (Wildman–Crippen LogP) is 5.23. The molecule has 0 saturated carbocycles. The van der Waals surface area contributed by atoms with E-state index in [1.165, 1.54) is 0 Å². The molecule has 2 amide bonds. The first-order chi connectivity index (χ1) is 13.1. The first kappa shape index (κ1) is 17.1. The summed E-state index contributed by atoms with van der Waals surface area (Å²) in [6, 6.07) is 21.3. The Bertz CT molecular complexity index is 1060. The van der Waals surface area contributed by atoms with E-state index in [4.69, 9.17) is 0 Å². The fourth-order valence-electron chi connectivity index (χ4n) is 3.30. The molecule has 1 atom stereocenters. The normalized spacial score (nSPS) is 12.4. The molecule has 0 fully saturated rings. The van der Waals surface area contributed by atoms with Gasteiger partial charge in [0.2, 0.25) is 0 Å². The molecule has 0 saturated heterocycles. The first-order valence-corrected chi connectivity index (χ1v) is 9.12. The summed E-state index contributed by atoms with van der Waals surface area (Å²) in [5, 5.41) is 8.15. The molecular weight excluding hydrogens is 336 g/mol. The number of para-hydroxylation sites is 2. The molecule has 3 aromatic carbocycles. The third-order valence-corrected chi connectivity index (χ3v) is 4.69. The summed E-state index contributed by atoms with van der Waals surface area (Å²) in [5.74, 6) is 0.947. The van der Waals surface area contributed by atoms with Crippen molar-refractivity contribution in [3.8, 4) is 0 Å². The van der Waals surface area contributed by atoms with Crippen LogP contribution in [-0.2, 0) is 0 Å². The molecule has 1 unspecified atom stereocenters. The van der Waals surface area contributed by atoms with Crippen molar-refractivity contribution in [1.82, 2.24) is 15.3 Å². The lowest BCUT2D eigenvalue weighted by Gasteiger charge is -2.21. The highest BCUT2D eigenvalue weighted by atomic mass is 16.2. The van der Waals surface area contributed by atoms with Gasteiger partial charge in [0.1, 0.15) is 5.82 Å². The van der Waals surface area contributed by atoms with E-state index >= 15 is 0 Å². The van der Waals surface area contributed by atoms with E-state index in [-0.39, 0.29) is 18.0 Å². The molecule has 0 spiro atoms. The fraction of sp³-hybridized carbons (Fsp3) is 0.182. The minimum absolute atomic E-state index is 0.184. The Hall–Kier alpha value is -3.34. The van der Waals surface area contributed by atoms with Crippen LogP contribution in [0.2, 0.25) is 0 Å². The summed E-state index contributed by atoms with van der Waals surface area (Å²) in [6.45, 7) is 4.13. The van der Waals surface area contributed by atoms with Gasteiger partial charge in [-0.05, 0) is 29.5 Å². The van der Waals surface area contributed by atoms with Crippen LogP contribution in [-0.4, -0.2) is 16.0 Å². The third-order valence-electron chi connectivity index (χ3n) is 4.69. The number of urea groups is 1. The van der Waals surface area contributed by atoms with Gasteiger partial charge in [0.15, 0.2) is 0 Å². The Morgan fingerprint density at radius 2 is 1.70 bits per heavy atom. The maximum Gasteiger partial charge on any atom is 0.319 e. The fourth-order valence-corrected chi connectivity index (χ4v) is 3.30. The molecule has 1 heterocycles. The second-order valence-electron chi connectivity index (χ2n) is 6.99. The van der Waals surface area contributed by atoms with Crippen molar-refractivity contribution >= 4 is 33.5 Å². The Kier molecular flexibility index (Phi) is 4.50. The number of rotatable bonds is 4. The number of nitrogens with one attached hydrogen (secondary N) is 3. The highest BCUT2D eigenvalue weighted by Crippen LogP contribution is 2.25. The summed E-state index contributed by atoms with van der Waals surface area (Å²) in [5.41, 5.74) is 2.65. The molecule has 5 heteroatoms. The minimum atomic E-state index is -0.245. The van der Waals surface area contributed by atoms with E-state index in [0.717, 1.165) is 33.3 Å². The van der Waals surface area contributed by atoms with Crippen molar-refractivity contribution in [2.45, 2.75) is 19.9 Å². The number of imidazole rings is 1. The molecule has 1 aromatic heterocycles. The van der Waals surface area contributed by atoms with Crippen LogP contribution in [0.1, 0.15) is 25.7 Å². The van der Waals surface area contributed by atoms with Gasteiger partial charge in [-0.15, -0.1) is 0 Å². The number of nitrogens with zero attached hydrogens (tertiary/aromatic N) is 1. The second-order valence-corrected chi connectivity index (χ2v) is 6.99. The first-order valence-electron chi connectivity index (χ1n) is 9.12. The molecule has 3 N–H and O–H groups in total. The van der Waals surface area contributed by atoms with Crippen LogP contribution < -0.4 is 10.6 Å². The van der Waals surface area contributed by atoms with E-state index in [2.05, 4.69) is 34.4 Å². The van der Waals surface area contributed by atoms with Crippen LogP contribution in [0.25, 0.3) is 21.8 Å². The van der Waals surface area contributed by atoms with Gasteiger partial charge in [-0.25, -0.2) is 9.78 Å². The molecule has 0 aliphatic heterocycles. The van der Waals surface area contributed by atoms with Crippen LogP contribution in [0.4, 0.5) is 10.5 Å². The van der Waals surface area contributed by atoms with Gasteiger partial charge < -0.3 is 15.6 Å². The number of fused-ring (bicyclic) bond motifs is 2. The van der Waals surface area contributed by atoms with E-state index in [1.54, 1.807) is 0 Å². The molecule has 5 nitrogen and oxygen atoms in total. The van der Waals surface area contributed by atoms with Gasteiger partial charge in [-0.1, -0.05) is 62.4 Å². The molecule has 0 radical (unpaired) electrons. The zero-order chi connectivity index (χ0) is 18.8. The maximum absolute atomic E-state index is 12.7. The second kappa shape index (κ2) is 7.11. The number of aromatic amines is 1. The maximum atomic E-state index is 12.7. The van der Waals surface area contributed by atoms with Gasteiger partial charge in [0.05, 0.1) is 22.8 Å². The van der Waals surface area contributed by atoms with E-state index in [0.29, 0.717) is 0 Å². The van der Waals surface area contributed by atoms with Gasteiger partial charge in [0.25, 0.3) is 0 Å². The number of hydrogen-bond donors (Lipinski definition) is 3. The molecule has 0 aliphatic carbocycles. The van der Waals surface area contributed by atoms with Crippen LogP contribution in [0.3, 0.4) is 0 Å². The van der Waals surface area contributed by atoms with Crippen LogP contribution in [0, 0.1) is 5.92 Å². The number of amides is 2. The zero-order valence-corrected chi connectivity index (χ0v) is 15.4. The smallest absolute Gasteiger partial charge is 0.319 e. The standard InChI is InChI=1S/C22H22N4O/c1-14(2)20(21-23-18-11-5-6-12-19(18)24-21)26-22(27)25-17-13-7-9-15-8-3-4-10-16(15)17/h3-14,20H,1-2H3,(H,23,24)(H2,25,26,27). The monoisotopic (exact) mass is 358 g/mol. The van der Waals surface area contributed by atoms with E-state index in [9.17, 15) is 4.79 Å². The number of benzene rings is 3. The largest absolute Gasteiger partial charge is 0.340 e. The molecule has 0 aliphatic rings. The van der Waals surface area contributed by atoms with E-state index in [1.807, 2.05) is 66.7 Å². The Morgan fingerprint density at radius 3 is 2.52 bits per heavy atom. The van der Waals surface area contributed by atoms with Crippen LogP contribution in [0.5, 0.6) is 0 Å². The molecular formula is C22H22N4O. The Balaban J connectivity index is 1.57. The number of carbonyl (C=O) groups excluding carboxylic acids is 1. The molecule has 27 heavy (non-hydrogen) atoms. The highest BCUT2D eigenvalue weighted by molar-refractivity contribution is 6.01. The van der Waals surface area contributed by atoms with Crippen LogP contribution >= 0.6 is 0 Å². The lowest BCUT2D eigenvalue weighted by Crippen LogP contribution is -2.35. The van der Waals surface area contributed by atoms with Crippen molar-refractivity contribution in [3.05, 3.63) is 72.6 Å². The average molecular weight is 358 g/mol. The SMILES string of the molecule is CC(C)C(NC(=O)Nc1cccc2ccccc12)c1nc2ccccc2[nH]1. The van der Waals surface area contributed by atoms with Crippen molar-refractivity contribution in [3.63, 3.8) is 0 Å². The van der Waals surface area contributed by atoms with Gasteiger partial charge in [0, 0.05) is 5.39 Å². The number of H-pyrrole nitrogens is 1. The third kappa shape index (κ3) is 3.49. The Morgan fingerprint density at radius 1 is 0.963 bits per heavy atom. The molecule has 136 valence electrons. The lowest BCUT2D eigenvalue weighted by molar-refractivity contribution is 0.244. The summed E-state index contributed by atoms with van der Waals surface area (Å²) in [6.07, 6.45) is 0. The van der Waals surface area contributed by atoms with Crippen molar-refractivity contribution in [2.24, 2.45) is 5.92 Å².